The second kappa shape index (κ2) is 9.93. The fourth-order valence-electron chi connectivity index (χ4n) is 3.60. The lowest BCUT2D eigenvalue weighted by Crippen LogP contribution is -2.29. The Balaban J connectivity index is 1.28. The zero-order chi connectivity index (χ0) is 24.3. The highest BCUT2D eigenvalue weighted by Crippen LogP contribution is 2.31. The van der Waals surface area contributed by atoms with Crippen LogP contribution in [0, 0.1) is 0 Å². The zero-order valence-electron chi connectivity index (χ0n) is 18.0. The van der Waals surface area contributed by atoms with Crippen molar-refractivity contribution >= 4 is 23.2 Å². The van der Waals surface area contributed by atoms with E-state index < -0.39 is 29.0 Å². The van der Waals surface area contributed by atoms with Crippen molar-refractivity contribution in [1.29, 1.82) is 0 Å². The van der Waals surface area contributed by atoms with Gasteiger partial charge in [-0.3, -0.25) is 4.79 Å². The SMILES string of the molecule is CC(COCc1cn(C2CCN(c3ncc(Cl)cn3)C2)nn1)Nc1cn[nH]c(=O)c1C(F)(F)F. The van der Waals surface area contributed by atoms with Crippen molar-refractivity contribution in [2.45, 2.75) is 38.2 Å². The molecule has 15 heteroatoms. The van der Waals surface area contributed by atoms with E-state index in [-0.39, 0.29) is 19.3 Å². The molecule has 0 saturated carbocycles. The Hall–Kier alpha value is -3.26. The largest absolute Gasteiger partial charge is 0.423 e. The second-order valence-electron chi connectivity index (χ2n) is 7.83. The van der Waals surface area contributed by atoms with E-state index in [2.05, 4.69) is 30.7 Å². The van der Waals surface area contributed by atoms with E-state index in [4.69, 9.17) is 16.3 Å². The number of alkyl halides is 3. The van der Waals surface area contributed by atoms with Crippen molar-refractivity contribution in [3.63, 3.8) is 0 Å². The normalized spacial score (nSPS) is 17.2. The van der Waals surface area contributed by atoms with Crippen molar-refractivity contribution in [2.75, 3.05) is 29.9 Å². The Bertz CT molecular complexity index is 1170. The van der Waals surface area contributed by atoms with E-state index in [0.717, 1.165) is 19.2 Å². The van der Waals surface area contributed by atoms with E-state index in [1.807, 2.05) is 4.90 Å². The molecule has 0 spiro atoms. The molecule has 0 bridgehead atoms. The van der Waals surface area contributed by atoms with Crippen LogP contribution < -0.4 is 15.8 Å². The molecule has 2 unspecified atom stereocenters. The molecule has 0 radical (unpaired) electrons. The summed E-state index contributed by atoms with van der Waals surface area (Å²) in [5.74, 6) is 0.598. The maximum Gasteiger partial charge on any atom is 0.423 e. The molecular weight excluding hydrogens is 479 g/mol. The van der Waals surface area contributed by atoms with Crippen LogP contribution in [0.4, 0.5) is 24.8 Å². The highest BCUT2D eigenvalue weighted by molar-refractivity contribution is 6.30. The molecule has 34 heavy (non-hydrogen) atoms. The molecule has 4 rings (SSSR count). The third-order valence-corrected chi connectivity index (χ3v) is 5.34. The lowest BCUT2D eigenvalue weighted by atomic mass is 10.2. The molecule has 1 fully saturated rings. The summed E-state index contributed by atoms with van der Waals surface area (Å²) in [4.78, 5) is 22.0. The number of H-pyrrole nitrogens is 1. The number of ether oxygens (including phenoxy) is 1. The molecule has 2 atom stereocenters. The first-order valence-corrected chi connectivity index (χ1v) is 10.7. The molecule has 0 amide bonds. The Kier molecular flexibility index (Phi) is 6.97. The third kappa shape index (κ3) is 5.62. The number of nitrogens with one attached hydrogen (secondary N) is 2. The fraction of sp³-hybridized carbons (Fsp3) is 0.474. The Morgan fingerprint density at radius 3 is 2.82 bits per heavy atom. The first-order valence-electron chi connectivity index (χ1n) is 10.3. The van der Waals surface area contributed by atoms with Gasteiger partial charge in [-0.2, -0.15) is 18.3 Å². The average molecular weight is 500 g/mol. The quantitative estimate of drug-likeness (QED) is 0.480. The van der Waals surface area contributed by atoms with Crippen LogP contribution in [0.15, 0.2) is 29.6 Å². The minimum atomic E-state index is -4.81. The number of nitrogens with zero attached hydrogens (tertiary/aromatic N) is 7. The summed E-state index contributed by atoms with van der Waals surface area (Å²) in [6.45, 7) is 3.25. The average Bonchev–Trinajstić information content (AvgIpc) is 3.43. The number of rotatable bonds is 8. The molecule has 1 aliphatic heterocycles. The van der Waals surface area contributed by atoms with Crippen LogP contribution >= 0.6 is 11.6 Å². The third-order valence-electron chi connectivity index (χ3n) is 5.14. The topological polar surface area (TPSA) is 127 Å². The summed E-state index contributed by atoms with van der Waals surface area (Å²) in [6.07, 6.45) is 1.82. The maximum absolute atomic E-state index is 13.1. The van der Waals surface area contributed by atoms with E-state index in [1.54, 1.807) is 35.3 Å². The number of hydrogen-bond donors (Lipinski definition) is 2. The summed E-state index contributed by atoms with van der Waals surface area (Å²) < 4.78 is 46.8. The molecule has 1 saturated heterocycles. The van der Waals surface area contributed by atoms with Crippen LogP contribution in [0.1, 0.15) is 30.6 Å². The van der Waals surface area contributed by atoms with Crippen LogP contribution in [0.5, 0.6) is 0 Å². The van der Waals surface area contributed by atoms with Gasteiger partial charge in [0.25, 0.3) is 5.56 Å². The summed E-state index contributed by atoms with van der Waals surface area (Å²) in [6, 6.07) is -0.437. The lowest BCUT2D eigenvalue weighted by molar-refractivity contribution is -0.138. The standard InChI is InChI=1S/C19H21ClF3N9O2/c1-11(27-15-6-26-29-17(33)16(15)19(21,22)23)9-34-10-13-7-32(30-28-13)14-2-3-31(8-14)18-24-4-12(20)5-25-18/h4-7,11,14H,2-3,8-10H2,1H3,(H2,27,29,33). The number of anilines is 2. The van der Waals surface area contributed by atoms with Gasteiger partial charge in [-0.15, -0.1) is 5.10 Å². The molecule has 182 valence electrons. The highest BCUT2D eigenvalue weighted by atomic mass is 35.5. The van der Waals surface area contributed by atoms with Crippen molar-refractivity contribution in [1.82, 2.24) is 35.2 Å². The van der Waals surface area contributed by atoms with Crippen LogP contribution in [-0.2, 0) is 17.5 Å². The summed E-state index contributed by atoms with van der Waals surface area (Å²) >= 11 is 5.84. The molecule has 1 aliphatic rings. The van der Waals surface area contributed by atoms with Crippen LogP contribution in [0.2, 0.25) is 5.02 Å². The van der Waals surface area contributed by atoms with Crippen LogP contribution in [0.3, 0.4) is 0 Å². The summed E-state index contributed by atoms with van der Waals surface area (Å²) in [7, 11) is 0. The number of aromatic amines is 1. The van der Waals surface area contributed by atoms with Crippen LogP contribution in [0.25, 0.3) is 0 Å². The minimum absolute atomic E-state index is 0.0715. The van der Waals surface area contributed by atoms with Gasteiger partial charge in [0.05, 0.1) is 54.8 Å². The number of aromatic nitrogens is 7. The van der Waals surface area contributed by atoms with Gasteiger partial charge in [-0.25, -0.2) is 19.7 Å². The van der Waals surface area contributed by atoms with Gasteiger partial charge in [0.15, 0.2) is 0 Å². The minimum Gasteiger partial charge on any atom is -0.378 e. The number of hydrogen-bond acceptors (Lipinski definition) is 9. The lowest BCUT2D eigenvalue weighted by Gasteiger charge is -2.18. The van der Waals surface area contributed by atoms with E-state index >= 15 is 0 Å². The predicted octanol–water partition coefficient (Wildman–Crippen LogP) is 2.29. The van der Waals surface area contributed by atoms with Gasteiger partial charge in [-0.1, -0.05) is 16.8 Å². The van der Waals surface area contributed by atoms with Gasteiger partial charge < -0.3 is 15.0 Å². The van der Waals surface area contributed by atoms with E-state index in [9.17, 15) is 18.0 Å². The van der Waals surface area contributed by atoms with Crippen molar-refractivity contribution in [2.24, 2.45) is 0 Å². The van der Waals surface area contributed by atoms with E-state index in [0.29, 0.717) is 23.2 Å². The predicted molar refractivity (Wildman–Crippen MR) is 116 cm³/mol. The fourth-order valence-corrected chi connectivity index (χ4v) is 3.70. The molecule has 4 heterocycles. The second-order valence-corrected chi connectivity index (χ2v) is 8.26. The van der Waals surface area contributed by atoms with Crippen molar-refractivity contribution in [3.8, 4) is 0 Å². The first kappa shape index (κ1) is 23.9. The van der Waals surface area contributed by atoms with Gasteiger partial charge in [0.2, 0.25) is 5.95 Å². The Morgan fingerprint density at radius 2 is 2.09 bits per heavy atom. The van der Waals surface area contributed by atoms with Gasteiger partial charge in [0.1, 0.15) is 11.3 Å². The van der Waals surface area contributed by atoms with Gasteiger partial charge >= 0.3 is 6.18 Å². The Morgan fingerprint density at radius 1 is 1.32 bits per heavy atom. The summed E-state index contributed by atoms with van der Waals surface area (Å²) in [5.41, 5.74) is -2.46. The number of halogens is 4. The molecule has 0 aromatic carbocycles. The highest BCUT2D eigenvalue weighted by Gasteiger charge is 2.37. The van der Waals surface area contributed by atoms with Gasteiger partial charge in [-0.05, 0) is 13.3 Å². The van der Waals surface area contributed by atoms with Crippen LogP contribution in [-0.4, -0.2) is 60.9 Å². The van der Waals surface area contributed by atoms with Crippen molar-refractivity contribution < 1.29 is 17.9 Å². The van der Waals surface area contributed by atoms with E-state index in [1.165, 1.54) is 0 Å². The van der Waals surface area contributed by atoms with Gasteiger partial charge in [0, 0.05) is 19.1 Å². The molecule has 0 aliphatic carbocycles. The molecule has 2 N–H and O–H groups in total. The monoisotopic (exact) mass is 499 g/mol. The zero-order valence-corrected chi connectivity index (χ0v) is 18.7. The molecule has 3 aromatic heterocycles. The summed E-state index contributed by atoms with van der Waals surface area (Å²) in [5, 5.41) is 16.6. The van der Waals surface area contributed by atoms with Crippen molar-refractivity contribution in [3.05, 3.63) is 51.4 Å². The Labute approximate surface area is 196 Å². The maximum atomic E-state index is 13.1. The first-order chi connectivity index (χ1) is 16.2. The smallest absolute Gasteiger partial charge is 0.378 e. The molecule has 3 aromatic rings. The molecular formula is C19H21ClF3N9O2. The molecule has 11 nitrogen and oxygen atoms in total.